The van der Waals surface area contributed by atoms with Crippen molar-refractivity contribution in [2.45, 2.75) is 25.1 Å². The summed E-state index contributed by atoms with van der Waals surface area (Å²) in [7, 11) is 1.34. The number of nitrogens with one attached hydrogen (secondary N) is 1. The van der Waals surface area contributed by atoms with Crippen molar-refractivity contribution in [3.8, 4) is 5.75 Å². The SMILES string of the molecule is CCCC(Cl)CNC(=O)c1ccc(OC)c([N+](=O)[O-])c1. The fourth-order valence-electron chi connectivity index (χ4n) is 1.69. The van der Waals surface area contributed by atoms with Gasteiger partial charge in [-0.3, -0.25) is 14.9 Å². The lowest BCUT2D eigenvalue weighted by Gasteiger charge is -2.10. The van der Waals surface area contributed by atoms with Gasteiger partial charge in [-0.1, -0.05) is 13.3 Å². The van der Waals surface area contributed by atoms with Gasteiger partial charge in [-0.2, -0.15) is 0 Å². The van der Waals surface area contributed by atoms with Crippen LogP contribution in [0.1, 0.15) is 30.1 Å². The second kappa shape index (κ2) is 7.69. The summed E-state index contributed by atoms with van der Waals surface area (Å²) in [6.07, 6.45) is 1.72. The van der Waals surface area contributed by atoms with E-state index in [9.17, 15) is 14.9 Å². The molecule has 1 amide bonds. The van der Waals surface area contributed by atoms with Gasteiger partial charge in [0.05, 0.1) is 17.4 Å². The molecule has 0 radical (unpaired) electrons. The molecule has 0 bridgehead atoms. The van der Waals surface area contributed by atoms with Crippen LogP contribution in [0.3, 0.4) is 0 Å². The summed E-state index contributed by atoms with van der Waals surface area (Å²) in [4.78, 5) is 22.2. The molecule has 0 aliphatic carbocycles. The lowest BCUT2D eigenvalue weighted by molar-refractivity contribution is -0.385. The van der Waals surface area contributed by atoms with Gasteiger partial charge in [-0.05, 0) is 18.6 Å². The van der Waals surface area contributed by atoms with Crippen molar-refractivity contribution >= 4 is 23.2 Å². The summed E-state index contributed by atoms with van der Waals surface area (Å²) in [5.41, 5.74) is -0.0333. The van der Waals surface area contributed by atoms with Crippen LogP contribution in [0.15, 0.2) is 18.2 Å². The Balaban J connectivity index is 2.78. The highest BCUT2D eigenvalue weighted by atomic mass is 35.5. The second-order valence-corrected chi connectivity index (χ2v) is 4.86. The number of methoxy groups -OCH3 is 1. The highest BCUT2D eigenvalue weighted by Crippen LogP contribution is 2.27. The molecule has 0 aromatic heterocycles. The van der Waals surface area contributed by atoms with Gasteiger partial charge in [-0.25, -0.2) is 0 Å². The number of benzene rings is 1. The van der Waals surface area contributed by atoms with Crippen LogP contribution in [0.25, 0.3) is 0 Å². The molecule has 1 aromatic rings. The molecule has 0 heterocycles. The molecule has 1 unspecified atom stereocenters. The number of carbonyl (C=O) groups excluding carboxylic acids is 1. The van der Waals surface area contributed by atoms with E-state index in [1.807, 2.05) is 6.92 Å². The number of ether oxygens (including phenoxy) is 1. The average molecular weight is 301 g/mol. The maximum absolute atomic E-state index is 11.9. The molecular formula is C13H17ClN2O4. The van der Waals surface area contributed by atoms with E-state index < -0.39 is 10.8 Å². The minimum absolute atomic E-state index is 0.118. The highest BCUT2D eigenvalue weighted by molar-refractivity contribution is 6.20. The van der Waals surface area contributed by atoms with Crippen LogP contribution < -0.4 is 10.1 Å². The van der Waals surface area contributed by atoms with Crippen molar-refractivity contribution in [2.75, 3.05) is 13.7 Å². The van der Waals surface area contributed by atoms with Gasteiger partial charge in [0, 0.05) is 18.2 Å². The molecule has 0 fully saturated rings. The Hall–Kier alpha value is -1.82. The zero-order valence-corrected chi connectivity index (χ0v) is 12.1. The first kappa shape index (κ1) is 16.2. The number of alkyl halides is 1. The normalized spacial score (nSPS) is 11.8. The quantitative estimate of drug-likeness (QED) is 0.477. The smallest absolute Gasteiger partial charge is 0.311 e. The van der Waals surface area contributed by atoms with Crippen molar-refractivity contribution in [1.29, 1.82) is 0 Å². The highest BCUT2D eigenvalue weighted by Gasteiger charge is 2.18. The minimum atomic E-state index is -0.586. The van der Waals surface area contributed by atoms with Crippen LogP contribution in [0, 0.1) is 10.1 Å². The van der Waals surface area contributed by atoms with Gasteiger partial charge in [0.2, 0.25) is 0 Å². The van der Waals surface area contributed by atoms with E-state index in [1.165, 1.54) is 25.3 Å². The minimum Gasteiger partial charge on any atom is -0.490 e. The number of rotatable bonds is 7. The molecule has 7 heteroatoms. The Kier molecular flexibility index (Phi) is 6.24. The molecule has 6 nitrogen and oxygen atoms in total. The zero-order valence-electron chi connectivity index (χ0n) is 11.4. The lowest BCUT2D eigenvalue weighted by Crippen LogP contribution is -2.29. The predicted molar refractivity (Wildman–Crippen MR) is 76.5 cm³/mol. The molecule has 0 aliphatic heterocycles. The van der Waals surface area contributed by atoms with Crippen LogP contribution >= 0.6 is 11.6 Å². The van der Waals surface area contributed by atoms with E-state index in [2.05, 4.69) is 5.32 Å². The first-order valence-corrected chi connectivity index (χ1v) is 6.68. The van der Waals surface area contributed by atoms with Crippen molar-refractivity contribution in [3.63, 3.8) is 0 Å². The molecule has 0 saturated carbocycles. The largest absolute Gasteiger partial charge is 0.490 e. The summed E-state index contributed by atoms with van der Waals surface area (Å²) in [6, 6.07) is 4.07. The first-order valence-electron chi connectivity index (χ1n) is 6.24. The molecule has 1 aromatic carbocycles. The number of carbonyl (C=O) groups is 1. The van der Waals surface area contributed by atoms with Crippen molar-refractivity contribution in [3.05, 3.63) is 33.9 Å². The number of hydrogen-bond donors (Lipinski definition) is 1. The van der Waals surface area contributed by atoms with Crippen LogP contribution in [0.4, 0.5) is 5.69 Å². The van der Waals surface area contributed by atoms with Gasteiger partial charge in [-0.15, -0.1) is 11.6 Å². The fraction of sp³-hybridized carbons (Fsp3) is 0.462. The van der Waals surface area contributed by atoms with Crippen molar-refractivity contribution in [2.24, 2.45) is 0 Å². The number of nitro benzene ring substituents is 1. The third kappa shape index (κ3) is 4.38. The van der Waals surface area contributed by atoms with E-state index in [0.717, 1.165) is 12.8 Å². The van der Waals surface area contributed by atoms with E-state index in [1.54, 1.807) is 0 Å². The number of halogens is 1. The predicted octanol–water partition coefficient (Wildman–Crippen LogP) is 2.74. The molecular weight excluding hydrogens is 284 g/mol. The Bertz CT molecular complexity index is 493. The molecule has 1 rings (SSSR count). The van der Waals surface area contributed by atoms with E-state index >= 15 is 0 Å². The Morgan fingerprint density at radius 1 is 1.55 bits per heavy atom. The average Bonchev–Trinajstić information content (AvgIpc) is 2.44. The molecule has 1 N–H and O–H groups in total. The van der Waals surface area contributed by atoms with Gasteiger partial charge in [0.1, 0.15) is 0 Å². The van der Waals surface area contributed by atoms with Gasteiger partial charge in [0.15, 0.2) is 5.75 Å². The first-order chi connectivity index (χ1) is 9.49. The van der Waals surface area contributed by atoms with Crippen LogP contribution in [0.5, 0.6) is 5.75 Å². The maximum Gasteiger partial charge on any atom is 0.311 e. The third-order valence-corrected chi connectivity index (χ3v) is 3.10. The standard InChI is InChI=1S/C13H17ClN2O4/c1-3-4-10(14)8-15-13(17)9-5-6-12(20-2)11(7-9)16(18)19/h5-7,10H,3-4,8H2,1-2H3,(H,15,17). The van der Waals surface area contributed by atoms with Crippen LogP contribution in [0.2, 0.25) is 0 Å². The summed E-state index contributed by atoms with van der Waals surface area (Å²) in [5.74, 6) is -0.273. The topological polar surface area (TPSA) is 81.5 Å². The number of nitrogens with zero attached hydrogens (tertiary/aromatic N) is 1. The third-order valence-electron chi connectivity index (χ3n) is 2.72. The molecule has 0 spiro atoms. The monoisotopic (exact) mass is 300 g/mol. The van der Waals surface area contributed by atoms with E-state index in [0.29, 0.717) is 6.54 Å². The number of nitro groups is 1. The van der Waals surface area contributed by atoms with E-state index in [-0.39, 0.29) is 22.4 Å². The zero-order chi connectivity index (χ0) is 15.1. The number of amides is 1. The Labute approximate surface area is 122 Å². The molecule has 0 aliphatic rings. The lowest BCUT2D eigenvalue weighted by atomic mass is 10.1. The summed E-state index contributed by atoms with van der Waals surface area (Å²) in [6.45, 7) is 2.33. The van der Waals surface area contributed by atoms with Gasteiger partial charge < -0.3 is 10.1 Å². The molecule has 0 saturated heterocycles. The van der Waals surface area contributed by atoms with Crippen molar-refractivity contribution in [1.82, 2.24) is 5.32 Å². The Morgan fingerprint density at radius 2 is 2.25 bits per heavy atom. The second-order valence-electron chi connectivity index (χ2n) is 4.24. The van der Waals surface area contributed by atoms with Crippen LogP contribution in [-0.4, -0.2) is 29.9 Å². The Morgan fingerprint density at radius 3 is 2.80 bits per heavy atom. The van der Waals surface area contributed by atoms with Crippen molar-refractivity contribution < 1.29 is 14.5 Å². The van der Waals surface area contributed by atoms with E-state index in [4.69, 9.17) is 16.3 Å². The summed E-state index contributed by atoms with van der Waals surface area (Å²) in [5, 5.41) is 13.4. The fourth-order valence-corrected chi connectivity index (χ4v) is 1.99. The maximum atomic E-state index is 11.9. The molecule has 110 valence electrons. The van der Waals surface area contributed by atoms with Crippen LogP contribution in [-0.2, 0) is 0 Å². The molecule has 1 atom stereocenters. The summed E-state index contributed by atoms with van der Waals surface area (Å²) < 4.78 is 4.88. The van der Waals surface area contributed by atoms with Gasteiger partial charge >= 0.3 is 5.69 Å². The van der Waals surface area contributed by atoms with Gasteiger partial charge in [0.25, 0.3) is 5.91 Å². The molecule has 20 heavy (non-hydrogen) atoms. The number of hydrogen-bond acceptors (Lipinski definition) is 4. The summed E-state index contributed by atoms with van der Waals surface area (Å²) >= 11 is 6.00.